The van der Waals surface area contributed by atoms with Gasteiger partial charge in [0.05, 0.1) is 24.2 Å². The fourth-order valence-corrected chi connectivity index (χ4v) is 4.70. The topological polar surface area (TPSA) is 132 Å². The van der Waals surface area contributed by atoms with Crippen molar-refractivity contribution in [2.75, 3.05) is 18.9 Å². The minimum absolute atomic E-state index is 0.121. The Balaban J connectivity index is 1.77. The predicted molar refractivity (Wildman–Crippen MR) is 154 cm³/mol. The molecule has 38 heavy (non-hydrogen) atoms. The van der Waals surface area contributed by atoms with E-state index in [0.29, 0.717) is 36.7 Å². The van der Waals surface area contributed by atoms with E-state index >= 15 is 0 Å². The van der Waals surface area contributed by atoms with Crippen molar-refractivity contribution in [2.24, 2.45) is 5.73 Å². The molecule has 204 valence electrons. The van der Waals surface area contributed by atoms with E-state index in [1.807, 2.05) is 19.9 Å². The van der Waals surface area contributed by atoms with Gasteiger partial charge < -0.3 is 31.0 Å². The van der Waals surface area contributed by atoms with E-state index in [-0.39, 0.29) is 22.5 Å². The van der Waals surface area contributed by atoms with E-state index in [0.717, 1.165) is 53.5 Å². The maximum absolute atomic E-state index is 10.5. The Hall–Kier alpha value is -3.36. The van der Waals surface area contributed by atoms with Gasteiger partial charge in [-0.15, -0.1) is 0 Å². The summed E-state index contributed by atoms with van der Waals surface area (Å²) >= 11 is 0. The zero-order valence-electron chi connectivity index (χ0n) is 23.2. The number of imidazole rings is 1. The first-order valence-corrected chi connectivity index (χ1v) is 13.4. The molecule has 0 amide bonds. The van der Waals surface area contributed by atoms with Gasteiger partial charge in [0.15, 0.2) is 17.3 Å². The van der Waals surface area contributed by atoms with Crippen molar-refractivity contribution in [2.45, 2.75) is 77.8 Å². The molecule has 6 N–H and O–H groups in total. The molecule has 0 saturated carbocycles. The molecule has 0 aliphatic rings. The van der Waals surface area contributed by atoms with E-state index in [1.165, 1.54) is 6.07 Å². The van der Waals surface area contributed by atoms with Crippen LogP contribution in [0.5, 0.6) is 11.5 Å². The van der Waals surface area contributed by atoms with Crippen LogP contribution in [0.3, 0.4) is 0 Å². The molecule has 0 aliphatic heterocycles. The highest BCUT2D eigenvalue weighted by Crippen LogP contribution is 2.35. The lowest BCUT2D eigenvalue weighted by Crippen LogP contribution is -2.34. The molecule has 2 aromatic carbocycles. The zero-order chi connectivity index (χ0) is 27.7. The van der Waals surface area contributed by atoms with Crippen LogP contribution < -0.4 is 11.5 Å². The minimum Gasteiger partial charge on any atom is -0.504 e. The summed E-state index contributed by atoms with van der Waals surface area (Å²) in [6, 6.07) is 11.3. The molecule has 2 aromatic heterocycles. The molecule has 0 saturated heterocycles. The lowest BCUT2D eigenvalue weighted by molar-refractivity contribution is 0.0836. The molecule has 0 spiro atoms. The number of hydrogen-bond donors (Lipinski definition) is 4. The molecule has 0 bridgehead atoms. The molecule has 0 fully saturated rings. The van der Waals surface area contributed by atoms with Gasteiger partial charge in [-0.25, -0.2) is 9.97 Å². The number of aromatic nitrogens is 3. The first-order valence-electron chi connectivity index (χ1n) is 13.4. The van der Waals surface area contributed by atoms with E-state index in [4.69, 9.17) is 26.2 Å². The Bertz CT molecular complexity index is 1440. The third-order valence-electron chi connectivity index (χ3n) is 7.10. The Kier molecular flexibility index (Phi) is 7.85. The smallest absolute Gasteiger partial charge is 0.162 e. The fraction of sp³-hybridized carbons (Fsp3) is 0.467. The van der Waals surface area contributed by atoms with Gasteiger partial charge in [0.1, 0.15) is 11.3 Å². The largest absolute Gasteiger partial charge is 0.504 e. The lowest BCUT2D eigenvalue weighted by atomic mass is 9.85. The SMILES string of the molecule is CCCCc1nc2c(N)nc3cc(C(C)(C)COCCC(C)(C)N)ccc3c2n1Cc1cccc(O)c1O. The Morgan fingerprint density at radius 2 is 1.82 bits per heavy atom. The third kappa shape index (κ3) is 5.87. The molecule has 0 radical (unpaired) electrons. The van der Waals surface area contributed by atoms with Gasteiger partial charge in [-0.2, -0.15) is 0 Å². The van der Waals surface area contributed by atoms with Crippen molar-refractivity contribution < 1.29 is 14.9 Å². The van der Waals surface area contributed by atoms with Gasteiger partial charge in [-0.05, 0) is 44.4 Å². The van der Waals surface area contributed by atoms with Crippen LogP contribution >= 0.6 is 0 Å². The molecule has 2 heterocycles. The molecule has 0 aliphatic carbocycles. The normalized spacial score (nSPS) is 12.6. The number of fused-ring (bicyclic) bond motifs is 3. The monoisotopic (exact) mass is 519 g/mol. The van der Waals surface area contributed by atoms with Crippen LogP contribution in [0.2, 0.25) is 0 Å². The van der Waals surface area contributed by atoms with Crippen LogP contribution in [-0.2, 0) is 23.1 Å². The number of aromatic hydroxyl groups is 2. The zero-order valence-corrected chi connectivity index (χ0v) is 23.2. The molecule has 4 aromatic rings. The van der Waals surface area contributed by atoms with E-state index < -0.39 is 0 Å². The van der Waals surface area contributed by atoms with Crippen molar-refractivity contribution in [1.82, 2.24) is 14.5 Å². The van der Waals surface area contributed by atoms with Crippen LogP contribution in [0, 0.1) is 0 Å². The van der Waals surface area contributed by atoms with Crippen molar-refractivity contribution in [3.8, 4) is 11.5 Å². The lowest BCUT2D eigenvalue weighted by Gasteiger charge is -2.26. The summed E-state index contributed by atoms with van der Waals surface area (Å²) in [6.45, 7) is 12.0. The number of phenols is 2. The number of benzene rings is 2. The summed E-state index contributed by atoms with van der Waals surface area (Å²) in [5.74, 6) is 0.994. The van der Waals surface area contributed by atoms with Gasteiger partial charge in [-0.1, -0.05) is 51.5 Å². The Morgan fingerprint density at radius 3 is 2.53 bits per heavy atom. The van der Waals surface area contributed by atoms with Crippen molar-refractivity contribution in [3.05, 3.63) is 53.3 Å². The number of unbranched alkanes of at least 4 members (excludes halogenated alkanes) is 1. The fourth-order valence-electron chi connectivity index (χ4n) is 4.70. The first kappa shape index (κ1) is 27.7. The van der Waals surface area contributed by atoms with Gasteiger partial charge in [0.2, 0.25) is 0 Å². The number of phenolic OH excluding ortho intramolecular Hbond substituents is 2. The number of hydrogen-bond acceptors (Lipinski definition) is 7. The number of nitrogens with zero attached hydrogens (tertiary/aromatic N) is 3. The molecule has 0 atom stereocenters. The van der Waals surface area contributed by atoms with Crippen LogP contribution in [-0.4, -0.2) is 43.5 Å². The number of anilines is 1. The van der Waals surface area contributed by atoms with Crippen LogP contribution in [0.15, 0.2) is 36.4 Å². The van der Waals surface area contributed by atoms with E-state index in [9.17, 15) is 10.2 Å². The second-order valence-corrected chi connectivity index (χ2v) is 11.6. The van der Waals surface area contributed by atoms with Gasteiger partial charge in [0, 0.05) is 34.9 Å². The van der Waals surface area contributed by atoms with Gasteiger partial charge >= 0.3 is 0 Å². The average Bonchev–Trinajstić information content (AvgIpc) is 3.21. The number of pyridine rings is 1. The summed E-state index contributed by atoms with van der Waals surface area (Å²) in [5.41, 5.74) is 16.1. The van der Waals surface area contributed by atoms with Gasteiger partial charge in [0.25, 0.3) is 0 Å². The maximum Gasteiger partial charge on any atom is 0.162 e. The van der Waals surface area contributed by atoms with Crippen molar-refractivity contribution >= 4 is 27.8 Å². The quantitative estimate of drug-likeness (QED) is 0.154. The molecular formula is C30H41N5O3. The third-order valence-corrected chi connectivity index (χ3v) is 7.10. The van der Waals surface area contributed by atoms with Gasteiger partial charge in [-0.3, -0.25) is 0 Å². The molecular weight excluding hydrogens is 478 g/mol. The number of nitrogen functional groups attached to an aromatic ring is 1. The second kappa shape index (κ2) is 10.8. The average molecular weight is 520 g/mol. The van der Waals surface area contributed by atoms with Crippen LogP contribution in [0.1, 0.15) is 70.8 Å². The first-order chi connectivity index (χ1) is 17.9. The number of aryl methyl sites for hydroxylation is 1. The second-order valence-electron chi connectivity index (χ2n) is 11.6. The van der Waals surface area contributed by atoms with E-state index in [1.54, 1.807) is 6.07 Å². The highest BCUT2D eigenvalue weighted by atomic mass is 16.5. The number of ether oxygens (including phenoxy) is 1. The summed E-state index contributed by atoms with van der Waals surface area (Å²) in [6.07, 6.45) is 3.56. The molecule has 0 unspecified atom stereocenters. The highest BCUT2D eigenvalue weighted by molar-refractivity contribution is 6.06. The molecule has 8 heteroatoms. The van der Waals surface area contributed by atoms with Crippen LogP contribution in [0.25, 0.3) is 21.9 Å². The number of rotatable bonds is 11. The Labute approximate surface area is 224 Å². The minimum atomic E-state index is -0.256. The number of para-hydroxylation sites is 1. The van der Waals surface area contributed by atoms with Crippen molar-refractivity contribution in [3.63, 3.8) is 0 Å². The molecule has 8 nitrogen and oxygen atoms in total. The summed E-state index contributed by atoms with van der Waals surface area (Å²) in [4.78, 5) is 9.63. The number of nitrogens with two attached hydrogens (primary N) is 2. The highest BCUT2D eigenvalue weighted by Gasteiger charge is 2.24. The predicted octanol–water partition coefficient (Wildman–Crippen LogP) is 5.39. The van der Waals surface area contributed by atoms with E-state index in [2.05, 4.69) is 43.5 Å². The van der Waals surface area contributed by atoms with Crippen LogP contribution in [0.4, 0.5) is 5.82 Å². The summed E-state index contributed by atoms with van der Waals surface area (Å²) in [7, 11) is 0. The standard InChI is InChI=1S/C30H41N5O3/c1-6-7-11-24-34-25-26(35(24)17-19-9-8-10-23(36)27(19)37)21-13-12-20(16-22(21)33-28(25)31)29(2,3)18-38-15-14-30(4,5)32/h8-10,12-13,16,36-37H,6-7,11,14-15,17-18,32H2,1-5H3,(H2,31,33). The maximum atomic E-state index is 10.5. The molecule has 4 rings (SSSR count). The van der Waals surface area contributed by atoms with Crippen molar-refractivity contribution in [1.29, 1.82) is 0 Å². The summed E-state index contributed by atoms with van der Waals surface area (Å²) in [5, 5.41) is 21.5. The Morgan fingerprint density at radius 1 is 1.05 bits per heavy atom. The summed E-state index contributed by atoms with van der Waals surface area (Å²) < 4.78 is 8.10.